The average Bonchev–Trinajstić information content (AvgIpc) is 3.32. The number of amides is 1. The molecule has 3 aromatic rings. The van der Waals surface area contributed by atoms with E-state index >= 15 is 0 Å². The molecule has 118 valence electrons. The molecule has 0 unspecified atom stereocenters. The van der Waals surface area contributed by atoms with Crippen LogP contribution in [0.5, 0.6) is 0 Å². The van der Waals surface area contributed by atoms with Crippen molar-refractivity contribution in [1.29, 1.82) is 0 Å². The lowest BCUT2D eigenvalue weighted by Crippen LogP contribution is -2.37. The maximum atomic E-state index is 12.8. The number of thiazole rings is 1. The first-order valence-electron chi connectivity index (χ1n) is 7.64. The molecule has 5 nitrogen and oxygen atoms in total. The smallest absolute Gasteiger partial charge is 0.295 e. The molecule has 0 bridgehead atoms. The number of carbonyl (C=O) groups excluding carboxylic acids is 1. The van der Waals surface area contributed by atoms with Crippen molar-refractivity contribution in [2.45, 2.75) is 18.9 Å². The second-order valence-corrected chi connectivity index (χ2v) is 6.50. The van der Waals surface area contributed by atoms with E-state index in [1.54, 1.807) is 17.0 Å². The third-order valence-corrected chi connectivity index (χ3v) is 4.96. The number of hydrogen-bond donors (Lipinski definition) is 0. The largest absolute Gasteiger partial charge is 0.459 e. The van der Waals surface area contributed by atoms with E-state index in [0.29, 0.717) is 17.4 Å². The van der Waals surface area contributed by atoms with E-state index in [2.05, 4.69) is 4.98 Å². The minimum Gasteiger partial charge on any atom is -0.459 e. The number of ether oxygens (including phenoxy) is 1. The number of rotatable bonds is 4. The van der Waals surface area contributed by atoms with Gasteiger partial charge in [-0.2, -0.15) is 0 Å². The van der Waals surface area contributed by atoms with Crippen LogP contribution in [0.2, 0.25) is 0 Å². The fraction of sp³-hybridized carbons (Fsp3) is 0.294. The summed E-state index contributed by atoms with van der Waals surface area (Å²) in [5, 5.41) is 0.683. The summed E-state index contributed by atoms with van der Waals surface area (Å²) in [6.45, 7) is 1.26. The molecule has 1 saturated heterocycles. The van der Waals surface area contributed by atoms with Gasteiger partial charge in [0.25, 0.3) is 5.91 Å². The van der Waals surface area contributed by atoms with Crippen molar-refractivity contribution in [2.24, 2.45) is 0 Å². The molecule has 0 N–H and O–H groups in total. The number of fused-ring (bicyclic) bond motifs is 1. The molecule has 0 aliphatic carbocycles. The summed E-state index contributed by atoms with van der Waals surface area (Å²) >= 11 is 1.51. The van der Waals surface area contributed by atoms with Gasteiger partial charge >= 0.3 is 0 Å². The number of benzene rings is 1. The number of carbonyl (C=O) groups is 1. The first-order valence-corrected chi connectivity index (χ1v) is 8.45. The highest BCUT2D eigenvalue weighted by Gasteiger charge is 2.28. The average molecular weight is 328 g/mol. The number of nitrogens with zero attached hydrogens (tertiary/aromatic N) is 2. The molecule has 1 amide bonds. The number of aromatic nitrogens is 1. The van der Waals surface area contributed by atoms with E-state index in [-0.39, 0.29) is 12.0 Å². The minimum absolute atomic E-state index is 0.0564. The summed E-state index contributed by atoms with van der Waals surface area (Å²) in [6.07, 6.45) is 3.57. The lowest BCUT2D eigenvalue weighted by atomic mass is 10.2. The first kappa shape index (κ1) is 14.4. The second-order valence-electron chi connectivity index (χ2n) is 5.49. The Morgan fingerprint density at radius 1 is 1.30 bits per heavy atom. The Labute approximate surface area is 137 Å². The molecule has 1 fully saturated rings. The maximum absolute atomic E-state index is 12.8. The summed E-state index contributed by atoms with van der Waals surface area (Å²) in [6, 6.07) is 11.3. The fourth-order valence-corrected chi connectivity index (χ4v) is 3.72. The number of hydrogen-bond acceptors (Lipinski definition) is 5. The molecular weight excluding hydrogens is 312 g/mol. The summed E-state index contributed by atoms with van der Waals surface area (Å²) in [5.74, 6) is 0.145. The van der Waals surface area contributed by atoms with Crippen molar-refractivity contribution < 1.29 is 13.9 Å². The van der Waals surface area contributed by atoms with Crippen LogP contribution in [-0.2, 0) is 4.74 Å². The third-order valence-electron chi connectivity index (χ3n) is 3.90. The van der Waals surface area contributed by atoms with Crippen molar-refractivity contribution >= 4 is 32.6 Å². The van der Waals surface area contributed by atoms with Gasteiger partial charge in [-0.3, -0.25) is 9.69 Å². The predicted octanol–water partition coefficient (Wildman–Crippen LogP) is 3.72. The summed E-state index contributed by atoms with van der Waals surface area (Å²) in [7, 11) is 0. The van der Waals surface area contributed by atoms with Gasteiger partial charge in [-0.1, -0.05) is 23.5 Å². The van der Waals surface area contributed by atoms with E-state index in [9.17, 15) is 4.79 Å². The quantitative estimate of drug-likeness (QED) is 0.732. The van der Waals surface area contributed by atoms with E-state index in [0.717, 1.165) is 29.7 Å². The van der Waals surface area contributed by atoms with Crippen LogP contribution >= 0.6 is 11.3 Å². The van der Waals surface area contributed by atoms with Gasteiger partial charge in [-0.15, -0.1) is 0 Å². The lowest BCUT2D eigenvalue weighted by Gasteiger charge is -2.22. The second kappa shape index (κ2) is 6.14. The van der Waals surface area contributed by atoms with Crippen LogP contribution in [0, 0.1) is 0 Å². The number of anilines is 1. The van der Waals surface area contributed by atoms with Crippen LogP contribution in [0.15, 0.2) is 47.1 Å². The summed E-state index contributed by atoms with van der Waals surface area (Å²) < 4.78 is 12.0. The Balaban J connectivity index is 1.69. The van der Waals surface area contributed by atoms with Gasteiger partial charge in [0.2, 0.25) is 0 Å². The molecule has 0 saturated carbocycles. The van der Waals surface area contributed by atoms with Crippen LogP contribution in [0.4, 0.5) is 5.13 Å². The Morgan fingerprint density at radius 2 is 2.22 bits per heavy atom. The predicted molar refractivity (Wildman–Crippen MR) is 89.0 cm³/mol. The molecule has 6 heteroatoms. The molecule has 4 rings (SSSR count). The van der Waals surface area contributed by atoms with Gasteiger partial charge in [0.05, 0.1) is 29.1 Å². The van der Waals surface area contributed by atoms with Gasteiger partial charge in [0, 0.05) is 6.61 Å². The normalized spacial score (nSPS) is 17.7. The van der Waals surface area contributed by atoms with Gasteiger partial charge in [0.1, 0.15) is 0 Å². The van der Waals surface area contributed by atoms with Crippen molar-refractivity contribution in [2.75, 3.05) is 18.1 Å². The summed E-state index contributed by atoms with van der Waals surface area (Å²) in [5.41, 5.74) is 0.900. The summed E-state index contributed by atoms with van der Waals surface area (Å²) in [4.78, 5) is 19.1. The van der Waals surface area contributed by atoms with Crippen molar-refractivity contribution in [3.8, 4) is 0 Å². The van der Waals surface area contributed by atoms with Crippen LogP contribution in [0.3, 0.4) is 0 Å². The Kier molecular flexibility index (Phi) is 3.85. The molecule has 0 spiro atoms. The van der Waals surface area contributed by atoms with E-state index in [1.807, 2.05) is 24.3 Å². The molecule has 1 aromatic carbocycles. The highest BCUT2D eigenvalue weighted by Crippen LogP contribution is 2.30. The Bertz CT molecular complexity index is 773. The van der Waals surface area contributed by atoms with Crippen molar-refractivity contribution in [1.82, 2.24) is 4.98 Å². The molecule has 2 aromatic heterocycles. The Morgan fingerprint density at radius 3 is 2.96 bits per heavy atom. The number of para-hydroxylation sites is 1. The molecule has 1 aliphatic heterocycles. The maximum Gasteiger partial charge on any atom is 0.295 e. The van der Waals surface area contributed by atoms with Crippen LogP contribution in [0.1, 0.15) is 23.4 Å². The van der Waals surface area contributed by atoms with E-state index < -0.39 is 0 Å². The molecule has 1 aliphatic rings. The van der Waals surface area contributed by atoms with Crippen molar-refractivity contribution in [3.63, 3.8) is 0 Å². The van der Waals surface area contributed by atoms with Crippen LogP contribution in [-0.4, -0.2) is 30.1 Å². The highest BCUT2D eigenvalue weighted by atomic mass is 32.1. The lowest BCUT2D eigenvalue weighted by molar-refractivity contribution is 0.0895. The number of furan rings is 1. The molecule has 0 radical (unpaired) electrons. The van der Waals surface area contributed by atoms with Crippen LogP contribution in [0.25, 0.3) is 10.2 Å². The highest BCUT2D eigenvalue weighted by molar-refractivity contribution is 7.22. The zero-order valence-electron chi connectivity index (χ0n) is 12.5. The van der Waals surface area contributed by atoms with Gasteiger partial charge in [-0.05, 0) is 37.1 Å². The minimum atomic E-state index is -0.176. The topological polar surface area (TPSA) is 55.6 Å². The molecule has 1 atom stereocenters. The Hall–Kier alpha value is -2.18. The van der Waals surface area contributed by atoms with E-state index in [1.165, 1.54) is 17.6 Å². The zero-order valence-corrected chi connectivity index (χ0v) is 13.3. The molecular formula is C17H16N2O3S. The zero-order chi connectivity index (χ0) is 15.6. The third kappa shape index (κ3) is 2.87. The first-order chi connectivity index (χ1) is 11.3. The fourth-order valence-electron chi connectivity index (χ4n) is 2.75. The van der Waals surface area contributed by atoms with Gasteiger partial charge in [-0.25, -0.2) is 4.98 Å². The van der Waals surface area contributed by atoms with Gasteiger partial charge in [0.15, 0.2) is 10.9 Å². The standard InChI is InChI=1S/C17H16N2O3S/c20-16(14-7-4-10-22-14)19(11-12-5-3-9-21-12)17-18-13-6-1-2-8-15(13)23-17/h1-2,4,6-8,10,12H,3,5,9,11H2/t12-/m1/s1. The van der Waals surface area contributed by atoms with E-state index in [4.69, 9.17) is 9.15 Å². The van der Waals surface area contributed by atoms with Gasteiger partial charge < -0.3 is 9.15 Å². The van der Waals surface area contributed by atoms with Crippen LogP contribution < -0.4 is 4.90 Å². The SMILES string of the molecule is O=C(c1ccco1)N(C[C@H]1CCCO1)c1nc2ccccc2s1. The molecule has 23 heavy (non-hydrogen) atoms. The monoisotopic (exact) mass is 328 g/mol. The van der Waals surface area contributed by atoms with Crippen molar-refractivity contribution in [3.05, 3.63) is 48.4 Å². The molecule has 3 heterocycles.